The lowest BCUT2D eigenvalue weighted by molar-refractivity contribution is -0.127. The van der Waals surface area contributed by atoms with Crippen LogP contribution in [0, 0.1) is 17.8 Å². The number of allylic oxidation sites excluding steroid dienone is 1. The zero-order chi connectivity index (χ0) is 12.8. The number of hydrogen-bond acceptors (Lipinski definition) is 1. The van der Waals surface area contributed by atoms with Crippen LogP contribution in [0.5, 0.6) is 0 Å². The van der Waals surface area contributed by atoms with Gasteiger partial charge in [-0.05, 0) is 44.4 Å². The molecule has 1 amide bonds. The summed E-state index contributed by atoms with van der Waals surface area (Å²) in [6.07, 6.45) is 14.3. The lowest BCUT2D eigenvalue weighted by Gasteiger charge is -2.38. The zero-order valence-electron chi connectivity index (χ0n) is 11.7. The number of rotatable bonds is 4. The van der Waals surface area contributed by atoms with Crippen molar-refractivity contribution in [2.45, 2.75) is 58.3 Å². The minimum atomic E-state index is 0.301. The quantitative estimate of drug-likeness (QED) is 0.597. The van der Waals surface area contributed by atoms with Crippen LogP contribution < -0.4 is 5.32 Å². The molecule has 18 heavy (non-hydrogen) atoms. The molecule has 2 fully saturated rings. The molecule has 0 aromatic carbocycles. The smallest absolute Gasteiger partial charge is 0.223 e. The summed E-state index contributed by atoms with van der Waals surface area (Å²) in [6, 6.07) is 0. The van der Waals surface area contributed by atoms with Crippen molar-refractivity contribution in [3.63, 3.8) is 0 Å². The predicted octanol–water partition coefficient (Wildman–Crippen LogP) is 3.68. The van der Waals surface area contributed by atoms with E-state index in [1.165, 1.54) is 32.1 Å². The van der Waals surface area contributed by atoms with Crippen molar-refractivity contribution in [3.05, 3.63) is 12.2 Å². The van der Waals surface area contributed by atoms with E-state index in [1.54, 1.807) is 0 Å². The van der Waals surface area contributed by atoms with Crippen molar-refractivity contribution in [2.24, 2.45) is 17.8 Å². The van der Waals surface area contributed by atoms with Crippen molar-refractivity contribution in [1.29, 1.82) is 0 Å². The third kappa shape index (κ3) is 3.60. The maximum absolute atomic E-state index is 12.1. The molecule has 2 aliphatic carbocycles. The van der Waals surface area contributed by atoms with Gasteiger partial charge in [-0.3, -0.25) is 4.79 Å². The molecule has 0 saturated heterocycles. The van der Waals surface area contributed by atoms with Crippen molar-refractivity contribution >= 4 is 5.91 Å². The van der Waals surface area contributed by atoms with Crippen molar-refractivity contribution in [1.82, 2.24) is 5.32 Å². The van der Waals surface area contributed by atoms with Crippen LogP contribution in [0.1, 0.15) is 58.3 Å². The first-order valence-electron chi connectivity index (χ1n) is 7.70. The first kappa shape index (κ1) is 13.6. The minimum Gasteiger partial charge on any atom is -0.356 e. The Morgan fingerprint density at radius 1 is 1.17 bits per heavy atom. The van der Waals surface area contributed by atoms with E-state index in [4.69, 9.17) is 0 Å². The van der Waals surface area contributed by atoms with E-state index in [9.17, 15) is 4.79 Å². The van der Waals surface area contributed by atoms with Gasteiger partial charge in [0.1, 0.15) is 0 Å². The Hall–Kier alpha value is -0.790. The van der Waals surface area contributed by atoms with E-state index in [1.807, 2.05) is 13.0 Å². The second-order valence-corrected chi connectivity index (χ2v) is 5.96. The average Bonchev–Trinajstić information content (AvgIpc) is 2.43. The fourth-order valence-corrected chi connectivity index (χ4v) is 3.70. The van der Waals surface area contributed by atoms with Gasteiger partial charge in [-0.1, -0.05) is 37.8 Å². The first-order chi connectivity index (χ1) is 8.81. The van der Waals surface area contributed by atoms with E-state index < -0.39 is 0 Å². The molecular formula is C16H27NO. The second kappa shape index (κ2) is 6.96. The third-order valence-corrected chi connectivity index (χ3v) is 4.76. The molecule has 0 aromatic heterocycles. The van der Waals surface area contributed by atoms with E-state index in [0.717, 1.165) is 37.6 Å². The lowest BCUT2D eigenvalue weighted by atomic mass is 9.67. The van der Waals surface area contributed by atoms with Crippen LogP contribution in [0.15, 0.2) is 12.2 Å². The number of fused-ring (bicyclic) bond motifs is 1. The lowest BCUT2D eigenvalue weighted by Crippen LogP contribution is -2.37. The summed E-state index contributed by atoms with van der Waals surface area (Å²) < 4.78 is 0. The van der Waals surface area contributed by atoms with Crippen molar-refractivity contribution in [2.75, 3.05) is 6.54 Å². The highest BCUT2D eigenvalue weighted by Crippen LogP contribution is 2.42. The van der Waals surface area contributed by atoms with E-state index >= 15 is 0 Å². The summed E-state index contributed by atoms with van der Waals surface area (Å²) in [4.78, 5) is 12.1. The van der Waals surface area contributed by atoms with Crippen LogP contribution in [-0.2, 0) is 4.79 Å². The van der Waals surface area contributed by atoms with E-state index in [-0.39, 0.29) is 0 Å². The molecule has 0 bridgehead atoms. The number of amides is 1. The van der Waals surface area contributed by atoms with Gasteiger partial charge in [-0.2, -0.15) is 0 Å². The van der Waals surface area contributed by atoms with Gasteiger partial charge in [-0.25, -0.2) is 0 Å². The molecular weight excluding hydrogens is 222 g/mol. The van der Waals surface area contributed by atoms with Crippen LogP contribution >= 0.6 is 0 Å². The average molecular weight is 249 g/mol. The predicted molar refractivity (Wildman–Crippen MR) is 75.2 cm³/mol. The Bertz CT molecular complexity index is 297. The molecule has 102 valence electrons. The fraction of sp³-hybridized carbons (Fsp3) is 0.812. The van der Waals surface area contributed by atoms with Gasteiger partial charge in [-0.15, -0.1) is 0 Å². The minimum absolute atomic E-state index is 0.301. The van der Waals surface area contributed by atoms with Crippen molar-refractivity contribution < 1.29 is 4.79 Å². The Morgan fingerprint density at radius 2 is 1.94 bits per heavy atom. The van der Waals surface area contributed by atoms with E-state index in [2.05, 4.69) is 11.4 Å². The molecule has 0 radical (unpaired) electrons. The van der Waals surface area contributed by atoms with Crippen LogP contribution in [0.3, 0.4) is 0 Å². The molecule has 3 atom stereocenters. The Kier molecular flexibility index (Phi) is 5.27. The molecule has 3 unspecified atom stereocenters. The van der Waals surface area contributed by atoms with Crippen LogP contribution in [-0.4, -0.2) is 12.5 Å². The molecule has 2 aliphatic rings. The summed E-state index contributed by atoms with van der Waals surface area (Å²) in [5.41, 5.74) is 0. The molecule has 2 nitrogen and oxygen atoms in total. The maximum atomic E-state index is 12.1. The number of nitrogens with one attached hydrogen (secondary N) is 1. The molecule has 1 N–H and O–H groups in total. The Morgan fingerprint density at radius 3 is 2.72 bits per heavy atom. The van der Waals surface area contributed by atoms with Gasteiger partial charge in [0, 0.05) is 12.5 Å². The molecule has 2 saturated carbocycles. The standard InChI is InChI=1S/C16H27NO/c1-2-3-6-11-17-16(18)15-10-9-13-7-4-5-8-14(13)12-15/h2-3,13-15H,4-12H2,1H3,(H,17,18)/b3-2+. The second-order valence-electron chi connectivity index (χ2n) is 5.96. The molecule has 0 aliphatic heterocycles. The fourth-order valence-electron chi connectivity index (χ4n) is 3.70. The highest BCUT2D eigenvalue weighted by atomic mass is 16.1. The van der Waals surface area contributed by atoms with Crippen LogP contribution in [0.2, 0.25) is 0 Å². The Labute approximate surface area is 111 Å². The highest BCUT2D eigenvalue weighted by molar-refractivity contribution is 5.78. The van der Waals surface area contributed by atoms with E-state index in [0.29, 0.717) is 11.8 Å². The number of carbonyl (C=O) groups is 1. The largest absolute Gasteiger partial charge is 0.356 e. The van der Waals surface area contributed by atoms with Gasteiger partial charge in [0.2, 0.25) is 5.91 Å². The molecule has 2 rings (SSSR count). The summed E-state index contributed by atoms with van der Waals surface area (Å²) >= 11 is 0. The monoisotopic (exact) mass is 249 g/mol. The number of carbonyl (C=O) groups excluding carboxylic acids is 1. The molecule has 0 heterocycles. The van der Waals surface area contributed by atoms with Gasteiger partial charge < -0.3 is 5.32 Å². The van der Waals surface area contributed by atoms with Crippen molar-refractivity contribution in [3.8, 4) is 0 Å². The summed E-state index contributed by atoms with van der Waals surface area (Å²) in [5.74, 6) is 2.39. The van der Waals surface area contributed by atoms with Crippen LogP contribution in [0.4, 0.5) is 0 Å². The third-order valence-electron chi connectivity index (χ3n) is 4.76. The zero-order valence-corrected chi connectivity index (χ0v) is 11.7. The Balaban J connectivity index is 1.74. The first-order valence-corrected chi connectivity index (χ1v) is 7.70. The number of hydrogen-bond donors (Lipinski definition) is 1. The molecule has 2 heteroatoms. The maximum Gasteiger partial charge on any atom is 0.223 e. The molecule has 0 spiro atoms. The van der Waals surface area contributed by atoms with Gasteiger partial charge in [0.15, 0.2) is 0 Å². The normalized spacial score (nSPS) is 32.2. The topological polar surface area (TPSA) is 29.1 Å². The highest BCUT2D eigenvalue weighted by Gasteiger charge is 2.34. The SMILES string of the molecule is C/C=C/CCNC(=O)C1CCC2CCCCC2C1. The summed E-state index contributed by atoms with van der Waals surface area (Å²) in [5, 5.41) is 3.09. The summed E-state index contributed by atoms with van der Waals surface area (Å²) in [6.45, 7) is 2.82. The summed E-state index contributed by atoms with van der Waals surface area (Å²) in [7, 11) is 0. The van der Waals surface area contributed by atoms with Crippen LogP contribution in [0.25, 0.3) is 0 Å². The van der Waals surface area contributed by atoms with Gasteiger partial charge >= 0.3 is 0 Å². The molecule has 0 aromatic rings. The van der Waals surface area contributed by atoms with Gasteiger partial charge in [0.05, 0.1) is 0 Å². The van der Waals surface area contributed by atoms with Gasteiger partial charge in [0.25, 0.3) is 0 Å².